The summed E-state index contributed by atoms with van der Waals surface area (Å²) in [5.41, 5.74) is -0.335. The molecule has 20 heavy (non-hydrogen) atoms. The van der Waals surface area contributed by atoms with Crippen LogP contribution in [-0.4, -0.2) is 17.3 Å². The number of hydrogen-bond acceptors (Lipinski definition) is 3. The summed E-state index contributed by atoms with van der Waals surface area (Å²) in [6, 6.07) is 17.6. The van der Waals surface area contributed by atoms with Gasteiger partial charge in [-0.05, 0) is 11.1 Å². The number of Topliss-reactive ketones (excluding diaryl/α,β-unsaturated/α-hetero) is 3. The van der Waals surface area contributed by atoms with Gasteiger partial charge in [0, 0.05) is 0 Å². The normalized spacial score (nSPS) is 17.5. The zero-order chi connectivity index (χ0) is 14.2. The van der Waals surface area contributed by atoms with Crippen molar-refractivity contribution in [2.24, 2.45) is 0 Å². The molecule has 0 spiro atoms. The lowest BCUT2D eigenvalue weighted by Gasteiger charge is -2.26. The molecule has 1 aliphatic rings. The van der Waals surface area contributed by atoms with E-state index in [1.807, 2.05) is 12.1 Å². The molecular formula is C17H12O3. The van der Waals surface area contributed by atoms with Gasteiger partial charge in [-0.3, -0.25) is 14.4 Å². The third-order valence-corrected chi connectivity index (χ3v) is 3.75. The fourth-order valence-corrected chi connectivity index (χ4v) is 2.82. The molecule has 0 bridgehead atoms. The van der Waals surface area contributed by atoms with E-state index in [0.717, 1.165) is 0 Å². The Kier molecular flexibility index (Phi) is 2.83. The molecule has 0 unspecified atom stereocenters. The van der Waals surface area contributed by atoms with Crippen LogP contribution in [0.25, 0.3) is 0 Å². The van der Waals surface area contributed by atoms with Gasteiger partial charge in [0.15, 0.2) is 5.78 Å². The molecule has 0 aliphatic heterocycles. The Morgan fingerprint density at radius 2 is 1.15 bits per heavy atom. The van der Waals surface area contributed by atoms with E-state index in [1.54, 1.807) is 48.5 Å². The van der Waals surface area contributed by atoms with Crippen molar-refractivity contribution < 1.29 is 14.4 Å². The van der Waals surface area contributed by atoms with Crippen molar-refractivity contribution >= 4 is 17.3 Å². The minimum absolute atomic E-state index is 0.317. The third-order valence-electron chi connectivity index (χ3n) is 3.75. The summed E-state index contributed by atoms with van der Waals surface area (Å²) in [5, 5.41) is 0. The molecule has 2 aromatic rings. The number of carbonyl (C=O) groups is 3. The molecule has 0 amide bonds. The van der Waals surface area contributed by atoms with Gasteiger partial charge >= 0.3 is 0 Å². The topological polar surface area (TPSA) is 51.2 Å². The van der Waals surface area contributed by atoms with E-state index in [9.17, 15) is 14.4 Å². The van der Waals surface area contributed by atoms with Crippen molar-refractivity contribution in [1.29, 1.82) is 0 Å². The molecule has 3 nitrogen and oxygen atoms in total. The zero-order valence-electron chi connectivity index (χ0n) is 10.7. The van der Waals surface area contributed by atoms with Gasteiger partial charge in [0.1, 0.15) is 5.41 Å². The zero-order valence-corrected chi connectivity index (χ0v) is 10.7. The van der Waals surface area contributed by atoms with E-state index in [0.29, 0.717) is 11.1 Å². The molecule has 1 fully saturated rings. The lowest BCUT2D eigenvalue weighted by atomic mass is 9.71. The van der Waals surface area contributed by atoms with Crippen LogP contribution in [0.5, 0.6) is 0 Å². The molecule has 2 aromatic carbocycles. The number of carbonyl (C=O) groups excluding carboxylic acids is 3. The fourth-order valence-electron chi connectivity index (χ4n) is 2.82. The smallest absolute Gasteiger partial charge is 0.221 e. The molecule has 1 aliphatic carbocycles. The van der Waals surface area contributed by atoms with E-state index in [1.165, 1.54) is 0 Å². The van der Waals surface area contributed by atoms with Crippen LogP contribution in [0.1, 0.15) is 17.5 Å². The third kappa shape index (κ3) is 1.56. The second-order valence-corrected chi connectivity index (χ2v) is 4.83. The van der Waals surface area contributed by atoms with Crippen LogP contribution in [0.15, 0.2) is 60.7 Å². The maximum Gasteiger partial charge on any atom is 0.221 e. The first-order chi connectivity index (χ1) is 9.67. The Morgan fingerprint density at radius 1 is 0.700 bits per heavy atom. The van der Waals surface area contributed by atoms with Crippen LogP contribution in [0.2, 0.25) is 0 Å². The van der Waals surface area contributed by atoms with Crippen molar-refractivity contribution in [3.63, 3.8) is 0 Å². The highest BCUT2D eigenvalue weighted by Gasteiger charge is 2.56. The molecule has 0 N–H and O–H groups in total. The Bertz CT molecular complexity index is 647. The Morgan fingerprint density at radius 3 is 1.50 bits per heavy atom. The molecule has 98 valence electrons. The molecule has 0 saturated heterocycles. The van der Waals surface area contributed by atoms with Gasteiger partial charge in [0.05, 0.1) is 6.42 Å². The van der Waals surface area contributed by atoms with Crippen molar-refractivity contribution in [3.05, 3.63) is 71.8 Å². The van der Waals surface area contributed by atoms with Gasteiger partial charge in [-0.25, -0.2) is 0 Å². The Hall–Kier alpha value is -2.55. The summed E-state index contributed by atoms with van der Waals surface area (Å²) >= 11 is 0. The summed E-state index contributed by atoms with van der Waals surface area (Å²) < 4.78 is 0. The maximum absolute atomic E-state index is 12.5. The van der Waals surface area contributed by atoms with Gasteiger partial charge in [-0.15, -0.1) is 0 Å². The average Bonchev–Trinajstić information content (AvgIpc) is 2.72. The van der Waals surface area contributed by atoms with Crippen LogP contribution in [-0.2, 0) is 19.8 Å². The largest absolute Gasteiger partial charge is 0.297 e. The first kappa shape index (κ1) is 12.5. The molecule has 0 heterocycles. The average molecular weight is 264 g/mol. The predicted octanol–water partition coefficient (Wildman–Crippen LogP) is 2.08. The summed E-state index contributed by atoms with van der Waals surface area (Å²) in [6.07, 6.45) is -0.317. The monoisotopic (exact) mass is 264 g/mol. The van der Waals surface area contributed by atoms with Crippen LogP contribution < -0.4 is 0 Å². The second kappa shape index (κ2) is 4.53. The summed E-state index contributed by atoms with van der Waals surface area (Å²) in [5.74, 6) is -1.58. The highest BCUT2D eigenvalue weighted by molar-refractivity contribution is 6.54. The molecule has 3 rings (SSSR count). The van der Waals surface area contributed by atoms with Crippen LogP contribution in [0, 0.1) is 0 Å². The highest BCUT2D eigenvalue weighted by Crippen LogP contribution is 2.39. The summed E-state index contributed by atoms with van der Waals surface area (Å²) in [6.45, 7) is 0. The van der Waals surface area contributed by atoms with E-state index in [-0.39, 0.29) is 12.2 Å². The first-order valence-corrected chi connectivity index (χ1v) is 6.39. The maximum atomic E-state index is 12.5. The van der Waals surface area contributed by atoms with Gasteiger partial charge in [0.2, 0.25) is 11.6 Å². The van der Waals surface area contributed by atoms with E-state index in [2.05, 4.69) is 0 Å². The molecule has 1 saturated carbocycles. The minimum atomic E-state index is -1.46. The van der Waals surface area contributed by atoms with Crippen LogP contribution in [0.3, 0.4) is 0 Å². The number of benzene rings is 2. The van der Waals surface area contributed by atoms with Gasteiger partial charge in [0.25, 0.3) is 0 Å². The number of ketones is 3. The van der Waals surface area contributed by atoms with Crippen molar-refractivity contribution in [3.8, 4) is 0 Å². The summed E-state index contributed by atoms with van der Waals surface area (Å²) in [7, 11) is 0. The van der Waals surface area contributed by atoms with E-state index >= 15 is 0 Å². The Labute approximate surface area is 116 Å². The lowest BCUT2D eigenvalue weighted by Crippen LogP contribution is -2.40. The molecule has 0 radical (unpaired) electrons. The number of rotatable bonds is 2. The molecule has 0 atom stereocenters. The van der Waals surface area contributed by atoms with Crippen LogP contribution in [0.4, 0.5) is 0 Å². The van der Waals surface area contributed by atoms with Crippen molar-refractivity contribution in [1.82, 2.24) is 0 Å². The molecule has 3 heteroatoms. The second-order valence-electron chi connectivity index (χ2n) is 4.83. The molecular weight excluding hydrogens is 252 g/mol. The molecule has 0 aromatic heterocycles. The fraction of sp³-hybridized carbons (Fsp3) is 0.118. The quantitative estimate of drug-likeness (QED) is 0.616. The lowest BCUT2D eigenvalue weighted by molar-refractivity contribution is -0.136. The summed E-state index contributed by atoms with van der Waals surface area (Å²) in [4.78, 5) is 36.7. The predicted molar refractivity (Wildman–Crippen MR) is 73.3 cm³/mol. The highest BCUT2D eigenvalue weighted by atomic mass is 16.2. The van der Waals surface area contributed by atoms with E-state index < -0.39 is 17.0 Å². The van der Waals surface area contributed by atoms with Gasteiger partial charge in [-0.1, -0.05) is 60.7 Å². The SMILES string of the molecule is O=C1CC(=O)C(c2ccccc2)(c2ccccc2)C1=O. The standard InChI is InChI=1S/C17H12O3/c18-14-11-15(19)17(16(14)20,12-7-3-1-4-8-12)13-9-5-2-6-10-13/h1-10H,11H2. The van der Waals surface area contributed by atoms with Crippen LogP contribution >= 0.6 is 0 Å². The van der Waals surface area contributed by atoms with Crippen molar-refractivity contribution in [2.45, 2.75) is 11.8 Å². The van der Waals surface area contributed by atoms with E-state index in [4.69, 9.17) is 0 Å². The van der Waals surface area contributed by atoms with Crippen molar-refractivity contribution in [2.75, 3.05) is 0 Å². The minimum Gasteiger partial charge on any atom is -0.297 e. The first-order valence-electron chi connectivity index (χ1n) is 6.39. The van der Waals surface area contributed by atoms with Gasteiger partial charge < -0.3 is 0 Å². The number of hydrogen-bond donors (Lipinski definition) is 0. The Balaban J connectivity index is 2.33. The van der Waals surface area contributed by atoms with Gasteiger partial charge in [-0.2, -0.15) is 0 Å².